The van der Waals surface area contributed by atoms with Crippen LogP contribution in [0.15, 0.2) is 176 Å². The van der Waals surface area contributed by atoms with Gasteiger partial charge in [-0.3, -0.25) is 0 Å². The standard InChI is InChI=1S/C43H29N3/c1-4-14-31(15-5-1)40-29-36(35-24-23-30-13-10-11-20-34(30)27-35)25-26-39(40)37-21-12-22-38(28-37)43-45-41(32-16-6-2-7-17-32)44-42(46-43)33-18-8-3-9-19-33/h1-29H. The third kappa shape index (κ3) is 5.47. The minimum Gasteiger partial charge on any atom is -0.208 e. The van der Waals surface area contributed by atoms with E-state index in [9.17, 15) is 0 Å². The van der Waals surface area contributed by atoms with E-state index in [0.717, 1.165) is 27.8 Å². The molecular weight excluding hydrogens is 558 g/mol. The Morgan fingerprint density at radius 1 is 0.239 bits per heavy atom. The van der Waals surface area contributed by atoms with Gasteiger partial charge >= 0.3 is 0 Å². The maximum atomic E-state index is 4.97. The molecular formula is C43H29N3. The van der Waals surface area contributed by atoms with E-state index in [0.29, 0.717) is 17.5 Å². The average molecular weight is 588 g/mol. The van der Waals surface area contributed by atoms with Crippen molar-refractivity contribution >= 4 is 10.8 Å². The monoisotopic (exact) mass is 587 g/mol. The highest BCUT2D eigenvalue weighted by Crippen LogP contribution is 2.38. The number of aromatic nitrogens is 3. The third-order valence-electron chi connectivity index (χ3n) is 8.32. The van der Waals surface area contributed by atoms with Gasteiger partial charge in [-0.25, -0.2) is 15.0 Å². The van der Waals surface area contributed by atoms with Crippen molar-refractivity contribution in [2.45, 2.75) is 0 Å². The summed E-state index contributed by atoms with van der Waals surface area (Å²) in [6.07, 6.45) is 0. The first-order valence-electron chi connectivity index (χ1n) is 15.4. The van der Waals surface area contributed by atoms with Gasteiger partial charge in [0.25, 0.3) is 0 Å². The molecule has 0 aliphatic carbocycles. The minimum atomic E-state index is 0.642. The Bertz CT molecular complexity index is 2240. The molecule has 0 spiro atoms. The van der Waals surface area contributed by atoms with Gasteiger partial charge in [0.05, 0.1) is 0 Å². The molecule has 0 unspecified atom stereocenters. The first kappa shape index (κ1) is 27.4. The smallest absolute Gasteiger partial charge is 0.164 e. The lowest BCUT2D eigenvalue weighted by atomic mass is 9.90. The summed E-state index contributed by atoms with van der Waals surface area (Å²) in [4.78, 5) is 14.8. The molecule has 8 rings (SSSR count). The lowest BCUT2D eigenvalue weighted by molar-refractivity contribution is 1.07. The van der Waals surface area contributed by atoms with Crippen LogP contribution in [-0.2, 0) is 0 Å². The van der Waals surface area contributed by atoms with E-state index in [-0.39, 0.29) is 0 Å². The molecule has 0 saturated heterocycles. The van der Waals surface area contributed by atoms with Gasteiger partial charge in [0, 0.05) is 16.7 Å². The van der Waals surface area contributed by atoms with Gasteiger partial charge in [0.2, 0.25) is 0 Å². The largest absolute Gasteiger partial charge is 0.208 e. The van der Waals surface area contributed by atoms with Gasteiger partial charge in [-0.15, -0.1) is 0 Å². The second kappa shape index (κ2) is 12.1. The molecule has 0 fully saturated rings. The second-order valence-electron chi connectivity index (χ2n) is 11.3. The van der Waals surface area contributed by atoms with Crippen molar-refractivity contribution < 1.29 is 0 Å². The Morgan fingerprint density at radius 3 is 1.37 bits per heavy atom. The molecule has 0 aliphatic heterocycles. The van der Waals surface area contributed by atoms with Crippen LogP contribution in [0.3, 0.4) is 0 Å². The number of nitrogens with zero attached hydrogens (tertiary/aromatic N) is 3. The number of benzene rings is 7. The van der Waals surface area contributed by atoms with Crippen molar-refractivity contribution in [2.75, 3.05) is 0 Å². The summed E-state index contributed by atoms with van der Waals surface area (Å²) >= 11 is 0. The van der Waals surface area contributed by atoms with Crippen LogP contribution in [-0.4, -0.2) is 15.0 Å². The molecule has 3 nitrogen and oxygen atoms in total. The van der Waals surface area contributed by atoms with Gasteiger partial charge in [-0.05, 0) is 62.4 Å². The molecule has 8 aromatic rings. The lowest BCUT2D eigenvalue weighted by Gasteiger charge is -2.15. The SMILES string of the molecule is c1ccc(-c2nc(-c3ccccc3)nc(-c3cccc(-c4ccc(-c5ccc6ccccc6c5)cc4-c4ccccc4)c3)n2)cc1. The minimum absolute atomic E-state index is 0.642. The van der Waals surface area contributed by atoms with Crippen LogP contribution in [0.25, 0.3) is 78.3 Å². The molecule has 0 aliphatic rings. The van der Waals surface area contributed by atoms with Crippen molar-refractivity contribution in [2.24, 2.45) is 0 Å². The molecule has 1 heterocycles. The molecule has 46 heavy (non-hydrogen) atoms. The summed E-state index contributed by atoms with van der Waals surface area (Å²) < 4.78 is 0. The van der Waals surface area contributed by atoms with Crippen molar-refractivity contribution in [3.8, 4) is 67.5 Å². The van der Waals surface area contributed by atoms with Crippen LogP contribution in [0.4, 0.5) is 0 Å². The van der Waals surface area contributed by atoms with Crippen molar-refractivity contribution in [1.82, 2.24) is 15.0 Å². The van der Waals surface area contributed by atoms with Crippen molar-refractivity contribution in [3.63, 3.8) is 0 Å². The van der Waals surface area contributed by atoms with Crippen LogP contribution < -0.4 is 0 Å². The Hall–Kier alpha value is -6.19. The molecule has 216 valence electrons. The quantitative estimate of drug-likeness (QED) is 0.194. The molecule has 3 heteroatoms. The zero-order chi connectivity index (χ0) is 30.7. The summed E-state index contributed by atoms with van der Waals surface area (Å²) in [5.74, 6) is 1.95. The van der Waals surface area contributed by atoms with Gasteiger partial charge < -0.3 is 0 Å². The molecule has 0 bridgehead atoms. The van der Waals surface area contributed by atoms with Gasteiger partial charge in [0.15, 0.2) is 17.5 Å². The first-order chi connectivity index (χ1) is 22.8. The highest BCUT2D eigenvalue weighted by Gasteiger charge is 2.15. The maximum Gasteiger partial charge on any atom is 0.164 e. The van der Waals surface area contributed by atoms with Gasteiger partial charge in [-0.2, -0.15) is 0 Å². The molecule has 0 amide bonds. The van der Waals surface area contributed by atoms with E-state index >= 15 is 0 Å². The Labute approximate surface area is 268 Å². The maximum absolute atomic E-state index is 4.97. The Kier molecular flexibility index (Phi) is 7.18. The third-order valence-corrected chi connectivity index (χ3v) is 8.32. The van der Waals surface area contributed by atoms with E-state index in [1.165, 1.54) is 33.0 Å². The van der Waals surface area contributed by atoms with Crippen LogP contribution in [0.2, 0.25) is 0 Å². The molecule has 0 atom stereocenters. The molecule has 0 radical (unpaired) electrons. The fourth-order valence-corrected chi connectivity index (χ4v) is 5.96. The summed E-state index contributed by atoms with van der Waals surface area (Å²) in [5, 5.41) is 2.48. The highest BCUT2D eigenvalue weighted by molar-refractivity contribution is 5.91. The summed E-state index contributed by atoms with van der Waals surface area (Å²) in [5.41, 5.74) is 9.82. The summed E-state index contributed by atoms with van der Waals surface area (Å²) in [6.45, 7) is 0. The van der Waals surface area contributed by atoms with Crippen LogP contribution >= 0.6 is 0 Å². The average Bonchev–Trinajstić information content (AvgIpc) is 3.15. The van der Waals surface area contributed by atoms with Crippen molar-refractivity contribution in [3.05, 3.63) is 176 Å². The topological polar surface area (TPSA) is 38.7 Å². The van der Waals surface area contributed by atoms with E-state index in [1.54, 1.807) is 0 Å². The fourth-order valence-electron chi connectivity index (χ4n) is 5.96. The zero-order valence-corrected chi connectivity index (χ0v) is 25.1. The van der Waals surface area contributed by atoms with E-state index < -0.39 is 0 Å². The van der Waals surface area contributed by atoms with Gasteiger partial charge in [-0.1, -0.05) is 158 Å². The molecule has 0 N–H and O–H groups in total. The number of hydrogen-bond donors (Lipinski definition) is 0. The number of fused-ring (bicyclic) bond motifs is 1. The number of hydrogen-bond acceptors (Lipinski definition) is 3. The van der Waals surface area contributed by atoms with Crippen LogP contribution in [0.5, 0.6) is 0 Å². The molecule has 7 aromatic carbocycles. The van der Waals surface area contributed by atoms with Crippen LogP contribution in [0.1, 0.15) is 0 Å². The van der Waals surface area contributed by atoms with E-state index in [2.05, 4.69) is 115 Å². The Balaban J connectivity index is 1.26. The highest BCUT2D eigenvalue weighted by atomic mass is 15.0. The predicted octanol–water partition coefficient (Wildman–Crippen LogP) is 11.0. The van der Waals surface area contributed by atoms with Crippen LogP contribution in [0, 0.1) is 0 Å². The summed E-state index contributed by atoms with van der Waals surface area (Å²) in [7, 11) is 0. The first-order valence-corrected chi connectivity index (χ1v) is 15.4. The Morgan fingerprint density at radius 2 is 0.717 bits per heavy atom. The molecule has 1 aromatic heterocycles. The van der Waals surface area contributed by atoms with E-state index in [4.69, 9.17) is 15.0 Å². The number of rotatable bonds is 6. The lowest BCUT2D eigenvalue weighted by Crippen LogP contribution is -2.00. The van der Waals surface area contributed by atoms with E-state index in [1.807, 2.05) is 60.7 Å². The fraction of sp³-hybridized carbons (Fsp3) is 0. The zero-order valence-electron chi connectivity index (χ0n) is 25.1. The molecule has 0 saturated carbocycles. The summed E-state index contributed by atoms with van der Waals surface area (Å²) in [6, 6.07) is 61.3. The van der Waals surface area contributed by atoms with Gasteiger partial charge in [0.1, 0.15) is 0 Å². The second-order valence-corrected chi connectivity index (χ2v) is 11.3. The predicted molar refractivity (Wildman–Crippen MR) is 190 cm³/mol. The normalized spacial score (nSPS) is 11.0. The van der Waals surface area contributed by atoms with Crippen molar-refractivity contribution in [1.29, 1.82) is 0 Å².